The lowest BCUT2D eigenvalue weighted by atomic mass is 9.96. The van der Waals surface area contributed by atoms with E-state index in [1.165, 1.54) is 43.1 Å². The van der Waals surface area contributed by atoms with Gasteiger partial charge in [0.25, 0.3) is 0 Å². The molecule has 0 spiro atoms. The summed E-state index contributed by atoms with van der Waals surface area (Å²) in [5.41, 5.74) is 6.48. The van der Waals surface area contributed by atoms with Crippen molar-refractivity contribution in [3.8, 4) is 11.3 Å². The minimum atomic E-state index is 0.907. The Balaban J connectivity index is 1.39. The van der Waals surface area contributed by atoms with Crippen LogP contribution < -0.4 is 4.90 Å². The number of benzene rings is 8. The second-order valence-corrected chi connectivity index (χ2v) is 11.8. The maximum absolute atomic E-state index is 6.47. The molecule has 0 radical (unpaired) electrons. The highest BCUT2D eigenvalue weighted by Crippen LogP contribution is 2.46. The zero-order valence-electron chi connectivity index (χ0n) is 24.9. The topological polar surface area (TPSA) is 16.4 Å². The van der Waals surface area contributed by atoms with E-state index >= 15 is 0 Å². The molecule has 0 bridgehead atoms. The standard InChI is InChI=1S/C43H29NO/c1-28-33-17-10-11-24-42(33)45-43(28)31-15-12-16-32(25-31)44(40-26-29-13-2-4-18-34(29)36-20-6-8-22-38(36)40)41-27-30-14-3-5-19-35(30)37-21-7-9-23-39(37)41/h2-27H,1H3. The normalized spacial score (nSPS) is 11.7. The third-order valence-electron chi connectivity index (χ3n) is 9.18. The molecule has 2 heteroatoms. The lowest BCUT2D eigenvalue weighted by molar-refractivity contribution is 0.629. The summed E-state index contributed by atoms with van der Waals surface area (Å²) in [5.74, 6) is 0.907. The Labute approximate surface area is 261 Å². The predicted octanol–water partition coefficient (Wildman–Crippen LogP) is 12.5. The van der Waals surface area contributed by atoms with Crippen LogP contribution in [0.5, 0.6) is 0 Å². The number of hydrogen-bond acceptors (Lipinski definition) is 2. The van der Waals surface area contributed by atoms with E-state index in [-0.39, 0.29) is 0 Å². The zero-order valence-corrected chi connectivity index (χ0v) is 24.9. The third kappa shape index (κ3) is 4.03. The molecular formula is C43H29NO. The van der Waals surface area contributed by atoms with Crippen molar-refractivity contribution in [2.45, 2.75) is 6.92 Å². The first-order valence-electron chi connectivity index (χ1n) is 15.4. The number of para-hydroxylation sites is 1. The fraction of sp³-hybridized carbons (Fsp3) is 0.0233. The first-order valence-corrected chi connectivity index (χ1v) is 15.4. The average molecular weight is 576 g/mol. The molecule has 212 valence electrons. The SMILES string of the molecule is Cc1c(-c2cccc(N(c3cc4ccccc4c4ccccc34)c3cc4ccccc4c4ccccc34)c2)oc2ccccc12. The van der Waals surface area contributed by atoms with Crippen LogP contribution in [0.1, 0.15) is 5.56 Å². The molecular weight excluding hydrogens is 546 g/mol. The highest BCUT2D eigenvalue weighted by atomic mass is 16.3. The second kappa shape index (κ2) is 10.1. The first kappa shape index (κ1) is 25.6. The third-order valence-corrected chi connectivity index (χ3v) is 9.18. The Hall–Kier alpha value is -5.86. The molecule has 2 nitrogen and oxygen atoms in total. The molecule has 9 rings (SSSR count). The van der Waals surface area contributed by atoms with Gasteiger partial charge in [0, 0.05) is 33.0 Å². The summed E-state index contributed by atoms with van der Waals surface area (Å²) in [4.78, 5) is 2.45. The van der Waals surface area contributed by atoms with Crippen LogP contribution in [0, 0.1) is 6.92 Å². The molecule has 0 saturated heterocycles. The van der Waals surface area contributed by atoms with Crippen molar-refractivity contribution >= 4 is 71.1 Å². The van der Waals surface area contributed by atoms with Crippen LogP contribution in [0.2, 0.25) is 0 Å². The van der Waals surface area contributed by atoms with Gasteiger partial charge >= 0.3 is 0 Å². The number of nitrogens with zero attached hydrogens (tertiary/aromatic N) is 1. The maximum atomic E-state index is 6.47. The van der Waals surface area contributed by atoms with E-state index < -0.39 is 0 Å². The van der Waals surface area contributed by atoms with E-state index in [0.717, 1.165) is 44.9 Å². The predicted molar refractivity (Wildman–Crippen MR) is 191 cm³/mol. The summed E-state index contributed by atoms with van der Waals surface area (Å²) in [5, 5.41) is 11.0. The number of hydrogen-bond donors (Lipinski definition) is 0. The number of fused-ring (bicyclic) bond motifs is 7. The Morgan fingerprint density at radius 1 is 0.422 bits per heavy atom. The fourth-order valence-corrected chi connectivity index (χ4v) is 7.08. The zero-order chi connectivity index (χ0) is 29.9. The summed E-state index contributed by atoms with van der Waals surface area (Å²) < 4.78 is 6.47. The van der Waals surface area contributed by atoms with Crippen molar-refractivity contribution in [3.05, 3.63) is 163 Å². The smallest absolute Gasteiger partial charge is 0.138 e. The van der Waals surface area contributed by atoms with Gasteiger partial charge in [0.05, 0.1) is 11.4 Å². The molecule has 0 aliphatic carbocycles. The van der Waals surface area contributed by atoms with Gasteiger partial charge in [-0.05, 0) is 69.6 Å². The Bertz CT molecular complexity index is 2450. The first-order chi connectivity index (χ1) is 22.2. The van der Waals surface area contributed by atoms with Crippen LogP contribution in [-0.2, 0) is 0 Å². The number of aryl methyl sites for hydroxylation is 1. The van der Waals surface area contributed by atoms with E-state index in [1.807, 2.05) is 12.1 Å². The van der Waals surface area contributed by atoms with Gasteiger partial charge in [-0.1, -0.05) is 127 Å². The molecule has 0 N–H and O–H groups in total. The summed E-state index contributed by atoms with van der Waals surface area (Å²) in [6, 6.07) is 56.7. The van der Waals surface area contributed by atoms with Gasteiger partial charge in [-0.15, -0.1) is 0 Å². The van der Waals surface area contributed by atoms with E-state index in [2.05, 4.69) is 157 Å². The molecule has 0 atom stereocenters. The number of furan rings is 1. The summed E-state index contributed by atoms with van der Waals surface area (Å²) >= 11 is 0. The van der Waals surface area contributed by atoms with Crippen molar-refractivity contribution in [1.82, 2.24) is 0 Å². The molecule has 0 fully saturated rings. The summed E-state index contributed by atoms with van der Waals surface area (Å²) in [6.07, 6.45) is 0. The van der Waals surface area contributed by atoms with Gasteiger partial charge in [0.2, 0.25) is 0 Å². The molecule has 45 heavy (non-hydrogen) atoms. The molecule has 8 aromatic carbocycles. The van der Waals surface area contributed by atoms with Crippen molar-refractivity contribution in [2.75, 3.05) is 4.90 Å². The number of rotatable bonds is 4. The highest BCUT2D eigenvalue weighted by Gasteiger charge is 2.22. The molecule has 1 aromatic heterocycles. The Morgan fingerprint density at radius 3 is 1.49 bits per heavy atom. The number of anilines is 3. The van der Waals surface area contributed by atoms with E-state index in [9.17, 15) is 0 Å². The Kier molecular flexibility index (Phi) is 5.76. The van der Waals surface area contributed by atoms with Crippen molar-refractivity contribution in [3.63, 3.8) is 0 Å². The molecule has 9 aromatic rings. The van der Waals surface area contributed by atoms with Crippen LogP contribution in [0.4, 0.5) is 17.1 Å². The highest BCUT2D eigenvalue weighted by molar-refractivity contribution is 6.18. The quantitative estimate of drug-likeness (QED) is 0.194. The van der Waals surface area contributed by atoms with Crippen LogP contribution in [0.15, 0.2) is 162 Å². The minimum Gasteiger partial charge on any atom is -0.456 e. The van der Waals surface area contributed by atoms with Crippen molar-refractivity contribution in [2.24, 2.45) is 0 Å². The van der Waals surface area contributed by atoms with Gasteiger partial charge in [0.1, 0.15) is 11.3 Å². The van der Waals surface area contributed by atoms with Gasteiger partial charge in [-0.3, -0.25) is 0 Å². The Morgan fingerprint density at radius 2 is 0.911 bits per heavy atom. The molecule has 0 aliphatic rings. The van der Waals surface area contributed by atoms with Crippen molar-refractivity contribution in [1.29, 1.82) is 0 Å². The molecule has 0 unspecified atom stereocenters. The molecule has 1 heterocycles. The summed E-state index contributed by atoms with van der Waals surface area (Å²) in [6.45, 7) is 2.15. The van der Waals surface area contributed by atoms with Gasteiger partial charge < -0.3 is 9.32 Å². The van der Waals surface area contributed by atoms with E-state index in [1.54, 1.807) is 0 Å². The minimum absolute atomic E-state index is 0.907. The summed E-state index contributed by atoms with van der Waals surface area (Å²) in [7, 11) is 0. The van der Waals surface area contributed by atoms with Gasteiger partial charge in [-0.2, -0.15) is 0 Å². The maximum Gasteiger partial charge on any atom is 0.138 e. The monoisotopic (exact) mass is 575 g/mol. The van der Waals surface area contributed by atoms with Crippen LogP contribution in [-0.4, -0.2) is 0 Å². The van der Waals surface area contributed by atoms with E-state index in [4.69, 9.17) is 4.42 Å². The van der Waals surface area contributed by atoms with Crippen molar-refractivity contribution < 1.29 is 4.42 Å². The fourth-order valence-electron chi connectivity index (χ4n) is 7.08. The molecule has 0 amide bonds. The average Bonchev–Trinajstić information content (AvgIpc) is 3.45. The molecule has 0 saturated carbocycles. The lowest BCUT2D eigenvalue weighted by Gasteiger charge is -2.29. The largest absolute Gasteiger partial charge is 0.456 e. The van der Waals surface area contributed by atoms with Crippen LogP contribution in [0.3, 0.4) is 0 Å². The van der Waals surface area contributed by atoms with Crippen LogP contribution in [0.25, 0.3) is 65.4 Å². The van der Waals surface area contributed by atoms with Crippen LogP contribution >= 0.6 is 0 Å². The van der Waals surface area contributed by atoms with E-state index in [0.29, 0.717) is 0 Å². The van der Waals surface area contributed by atoms with Gasteiger partial charge in [-0.25, -0.2) is 0 Å². The lowest BCUT2D eigenvalue weighted by Crippen LogP contribution is -2.11. The van der Waals surface area contributed by atoms with Gasteiger partial charge in [0.15, 0.2) is 0 Å². The second-order valence-electron chi connectivity index (χ2n) is 11.8. The molecule has 0 aliphatic heterocycles.